The molecule has 1 heterocycles. The minimum Gasteiger partial charge on any atom is -0.409 e. The van der Waals surface area contributed by atoms with Crippen molar-refractivity contribution in [3.8, 4) is 0 Å². The van der Waals surface area contributed by atoms with Crippen LogP contribution in [0.1, 0.15) is 31.4 Å². The van der Waals surface area contributed by atoms with E-state index in [0.29, 0.717) is 0 Å². The molecule has 17 heavy (non-hydrogen) atoms. The van der Waals surface area contributed by atoms with Crippen molar-refractivity contribution < 1.29 is 5.21 Å². The number of amidine groups is 1. The summed E-state index contributed by atoms with van der Waals surface area (Å²) in [5, 5.41) is 19.4. The molecule has 1 rings (SSSR count). The Labute approximate surface area is 107 Å². The lowest BCUT2D eigenvalue weighted by molar-refractivity contribution is 0.305. The second-order valence-corrected chi connectivity index (χ2v) is 5.62. The fraction of sp³-hybridized carbons (Fsp3) is 0.583. The van der Waals surface area contributed by atoms with Gasteiger partial charge in [0.25, 0.3) is 0 Å². The molecule has 1 aromatic rings. The van der Waals surface area contributed by atoms with E-state index >= 15 is 0 Å². The number of aryl methyl sites for hydroxylation is 1. The van der Waals surface area contributed by atoms with Gasteiger partial charge in [-0.25, -0.2) is 0 Å². The first kappa shape index (κ1) is 14.0. The molecule has 0 fully saturated rings. The van der Waals surface area contributed by atoms with Gasteiger partial charge < -0.3 is 16.3 Å². The van der Waals surface area contributed by atoms with Crippen molar-refractivity contribution in [1.29, 1.82) is 0 Å². The highest BCUT2D eigenvalue weighted by Gasteiger charge is 2.22. The van der Waals surface area contributed by atoms with Gasteiger partial charge in [-0.15, -0.1) is 0 Å². The van der Waals surface area contributed by atoms with Crippen LogP contribution in [0.4, 0.5) is 0 Å². The quantitative estimate of drug-likeness (QED) is 0.240. The lowest BCUT2D eigenvalue weighted by Gasteiger charge is -2.22. The van der Waals surface area contributed by atoms with Gasteiger partial charge in [-0.05, 0) is 41.8 Å². The van der Waals surface area contributed by atoms with Crippen molar-refractivity contribution in [1.82, 2.24) is 5.32 Å². The topological polar surface area (TPSA) is 70.6 Å². The summed E-state index contributed by atoms with van der Waals surface area (Å²) in [7, 11) is 0. The number of hydrogen-bond acceptors (Lipinski definition) is 4. The second kappa shape index (κ2) is 6.02. The highest BCUT2D eigenvalue weighted by atomic mass is 32.1. The van der Waals surface area contributed by atoms with Gasteiger partial charge in [0.1, 0.15) is 5.84 Å². The summed E-state index contributed by atoms with van der Waals surface area (Å²) in [5.41, 5.74) is 8.03. The molecular weight excluding hydrogens is 234 g/mol. The Morgan fingerprint density at radius 1 is 1.53 bits per heavy atom. The first-order chi connectivity index (χ1) is 7.97. The van der Waals surface area contributed by atoms with Crippen molar-refractivity contribution in [3.63, 3.8) is 0 Å². The SMILES string of the molecule is Cc1cscc1CNCCC(C)(C)C(N)=NO. The first-order valence-corrected chi connectivity index (χ1v) is 6.62. The summed E-state index contributed by atoms with van der Waals surface area (Å²) in [4.78, 5) is 0. The monoisotopic (exact) mass is 255 g/mol. The van der Waals surface area contributed by atoms with Crippen LogP contribution in [0.15, 0.2) is 15.9 Å². The Hall–Kier alpha value is -1.07. The number of thiophene rings is 1. The molecule has 96 valence electrons. The third-order valence-corrected chi connectivity index (χ3v) is 3.92. The molecule has 0 aliphatic heterocycles. The van der Waals surface area contributed by atoms with Gasteiger partial charge in [0, 0.05) is 12.0 Å². The smallest absolute Gasteiger partial charge is 0.144 e. The maximum atomic E-state index is 8.66. The van der Waals surface area contributed by atoms with Gasteiger partial charge in [0.2, 0.25) is 0 Å². The fourth-order valence-corrected chi connectivity index (χ4v) is 2.31. The molecule has 0 atom stereocenters. The van der Waals surface area contributed by atoms with Crippen LogP contribution in [0, 0.1) is 12.3 Å². The minimum absolute atomic E-state index is 0.272. The minimum atomic E-state index is -0.272. The number of hydrogen-bond donors (Lipinski definition) is 3. The van der Waals surface area contributed by atoms with Crippen LogP contribution in [0.3, 0.4) is 0 Å². The molecule has 0 aliphatic carbocycles. The van der Waals surface area contributed by atoms with Gasteiger partial charge in [0.05, 0.1) is 0 Å². The summed E-state index contributed by atoms with van der Waals surface area (Å²) >= 11 is 1.73. The molecule has 0 radical (unpaired) electrons. The predicted molar refractivity (Wildman–Crippen MR) is 72.6 cm³/mol. The van der Waals surface area contributed by atoms with Crippen molar-refractivity contribution in [2.45, 2.75) is 33.7 Å². The molecule has 0 saturated heterocycles. The maximum Gasteiger partial charge on any atom is 0.144 e. The van der Waals surface area contributed by atoms with E-state index in [2.05, 4.69) is 28.2 Å². The summed E-state index contributed by atoms with van der Waals surface area (Å²) < 4.78 is 0. The molecule has 0 unspecified atom stereocenters. The fourth-order valence-electron chi connectivity index (χ4n) is 1.46. The number of oxime groups is 1. The van der Waals surface area contributed by atoms with Gasteiger partial charge in [0.15, 0.2) is 0 Å². The average molecular weight is 255 g/mol. The van der Waals surface area contributed by atoms with Crippen LogP contribution in [0.25, 0.3) is 0 Å². The zero-order valence-corrected chi connectivity index (χ0v) is 11.5. The zero-order chi connectivity index (χ0) is 12.9. The largest absolute Gasteiger partial charge is 0.409 e. The predicted octanol–water partition coefficient (Wildman–Crippen LogP) is 2.31. The standard InChI is InChI=1S/C12H21N3OS/c1-9-7-17-8-10(9)6-14-5-4-12(2,3)11(13)15-16/h7-8,14,16H,4-6H2,1-3H3,(H2,13,15). The van der Waals surface area contributed by atoms with E-state index in [9.17, 15) is 0 Å². The van der Waals surface area contributed by atoms with Crippen molar-refractivity contribution in [2.75, 3.05) is 6.54 Å². The van der Waals surface area contributed by atoms with Gasteiger partial charge in [-0.1, -0.05) is 19.0 Å². The molecule has 0 bridgehead atoms. The summed E-state index contributed by atoms with van der Waals surface area (Å²) in [5.74, 6) is 0.283. The Balaban J connectivity index is 2.32. The van der Waals surface area contributed by atoms with Crippen LogP contribution >= 0.6 is 11.3 Å². The number of nitrogens with zero attached hydrogens (tertiary/aromatic N) is 1. The van der Waals surface area contributed by atoms with E-state index in [1.54, 1.807) is 11.3 Å². The molecular formula is C12H21N3OS. The lowest BCUT2D eigenvalue weighted by atomic mass is 9.88. The van der Waals surface area contributed by atoms with Crippen LogP contribution < -0.4 is 11.1 Å². The lowest BCUT2D eigenvalue weighted by Crippen LogP contribution is -2.34. The molecule has 0 saturated carbocycles. The highest BCUT2D eigenvalue weighted by molar-refractivity contribution is 7.08. The molecule has 4 nitrogen and oxygen atoms in total. The van der Waals surface area contributed by atoms with E-state index in [1.165, 1.54) is 11.1 Å². The summed E-state index contributed by atoms with van der Waals surface area (Å²) in [6.07, 6.45) is 0.839. The van der Waals surface area contributed by atoms with Crippen molar-refractivity contribution in [2.24, 2.45) is 16.3 Å². The van der Waals surface area contributed by atoms with E-state index in [1.807, 2.05) is 13.8 Å². The van der Waals surface area contributed by atoms with Crippen LogP contribution in [0.2, 0.25) is 0 Å². The number of nitrogens with two attached hydrogens (primary N) is 1. The normalized spacial score (nSPS) is 13.0. The van der Waals surface area contributed by atoms with E-state index < -0.39 is 0 Å². The van der Waals surface area contributed by atoms with Gasteiger partial charge in [-0.2, -0.15) is 11.3 Å². The third kappa shape index (κ3) is 4.02. The molecule has 0 amide bonds. The van der Waals surface area contributed by atoms with E-state index in [-0.39, 0.29) is 11.3 Å². The maximum absolute atomic E-state index is 8.66. The molecule has 0 aliphatic rings. The third-order valence-electron chi connectivity index (χ3n) is 3.00. The van der Waals surface area contributed by atoms with Gasteiger partial charge in [-0.3, -0.25) is 0 Å². The first-order valence-electron chi connectivity index (χ1n) is 5.68. The van der Waals surface area contributed by atoms with Gasteiger partial charge >= 0.3 is 0 Å². The van der Waals surface area contributed by atoms with E-state index in [4.69, 9.17) is 10.9 Å². The highest BCUT2D eigenvalue weighted by Crippen LogP contribution is 2.19. The zero-order valence-electron chi connectivity index (χ0n) is 10.7. The molecule has 5 heteroatoms. The molecule has 0 spiro atoms. The number of nitrogens with one attached hydrogen (secondary N) is 1. The van der Waals surface area contributed by atoms with Crippen LogP contribution in [0.5, 0.6) is 0 Å². The second-order valence-electron chi connectivity index (χ2n) is 4.88. The van der Waals surface area contributed by atoms with E-state index in [0.717, 1.165) is 19.5 Å². The van der Waals surface area contributed by atoms with Crippen LogP contribution in [-0.4, -0.2) is 17.6 Å². The average Bonchev–Trinajstić information content (AvgIpc) is 2.69. The number of rotatable bonds is 6. The van der Waals surface area contributed by atoms with Crippen molar-refractivity contribution in [3.05, 3.63) is 21.9 Å². The van der Waals surface area contributed by atoms with Crippen LogP contribution in [-0.2, 0) is 6.54 Å². The Kier molecular flexibility index (Phi) is 4.96. The van der Waals surface area contributed by atoms with Crippen molar-refractivity contribution >= 4 is 17.2 Å². The molecule has 0 aromatic carbocycles. The summed E-state index contributed by atoms with van der Waals surface area (Å²) in [6.45, 7) is 7.78. The Morgan fingerprint density at radius 2 is 2.24 bits per heavy atom. The summed E-state index contributed by atoms with van der Waals surface area (Å²) in [6, 6.07) is 0. The Morgan fingerprint density at radius 3 is 2.76 bits per heavy atom. The molecule has 1 aromatic heterocycles. The Bertz CT molecular complexity index is 385. The molecule has 4 N–H and O–H groups in total.